The van der Waals surface area contributed by atoms with E-state index in [2.05, 4.69) is 10.6 Å². The van der Waals surface area contributed by atoms with Gasteiger partial charge in [-0.15, -0.1) is 0 Å². The highest BCUT2D eigenvalue weighted by atomic mass is 35.5. The minimum Gasteiger partial charge on any atom is -0.484 e. The summed E-state index contributed by atoms with van der Waals surface area (Å²) in [7, 11) is 0. The minimum atomic E-state index is -4.31. The van der Waals surface area contributed by atoms with E-state index >= 15 is 8.78 Å². The van der Waals surface area contributed by atoms with Crippen LogP contribution in [-0.2, 0) is 25.5 Å². The molecule has 2 aromatic carbocycles. The summed E-state index contributed by atoms with van der Waals surface area (Å²) in [5.41, 5.74) is 7.28. The average molecular weight is 609 g/mol. The van der Waals surface area contributed by atoms with Gasteiger partial charge in [0.05, 0.1) is 13.2 Å². The summed E-state index contributed by atoms with van der Waals surface area (Å²) in [6.45, 7) is 5.42. The number of hydrogen-bond donors (Lipinski definition) is 3. The molecule has 1 aliphatic heterocycles. The van der Waals surface area contributed by atoms with Gasteiger partial charge in [-0.3, -0.25) is 19.3 Å². The second-order valence-corrected chi connectivity index (χ2v) is 11.0. The smallest absolute Gasteiger partial charge is 0.381 e. The second-order valence-electron chi connectivity index (χ2n) is 10.6. The highest BCUT2D eigenvalue weighted by Gasteiger charge is 2.52. The topological polar surface area (TPSA) is 123 Å². The number of nitrogens with zero attached hydrogens (tertiary/aromatic N) is 1. The van der Waals surface area contributed by atoms with E-state index < -0.39 is 47.4 Å². The fourth-order valence-corrected chi connectivity index (χ4v) is 5.04. The van der Waals surface area contributed by atoms with E-state index in [1.165, 1.54) is 0 Å². The van der Waals surface area contributed by atoms with E-state index in [1.807, 2.05) is 11.0 Å². The van der Waals surface area contributed by atoms with Crippen molar-refractivity contribution in [2.24, 2.45) is 17.6 Å². The van der Waals surface area contributed by atoms with Crippen LogP contribution < -0.4 is 21.1 Å². The lowest BCUT2D eigenvalue weighted by Gasteiger charge is -2.34. The highest BCUT2D eigenvalue weighted by molar-refractivity contribution is 6.30. The number of benzene rings is 2. The van der Waals surface area contributed by atoms with Crippen LogP contribution in [-0.4, -0.2) is 86.5 Å². The van der Waals surface area contributed by atoms with Crippen molar-refractivity contribution < 1.29 is 32.6 Å². The quantitative estimate of drug-likeness (QED) is 0.266. The molecule has 1 unspecified atom stereocenters. The van der Waals surface area contributed by atoms with Crippen LogP contribution in [0.25, 0.3) is 0 Å². The zero-order valence-corrected chi connectivity index (χ0v) is 24.6. The molecular weight excluding hydrogens is 570 g/mol. The molecule has 1 aliphatic rings. The SMILES string of the molecule is CC(C)[C@H](C(=O)C(F)(F)C(=O)NCCN1CCOCC1)C(N)[C@H](Cc1ccccc1)NC(=O)COc1cccc(Cl)c1. The van der Waals surface area contributed by atoms with Crippen molar-refractivity contribution >= 4 is 29.2 Å². The number of nitrogens with one attached hydrogen (secondary N) is 2. The molecule has 3 atom stereocenters. The number of rotatable bonds is 15. The zero-order chi connectivity index (χ0) is 30.7. The van der Waals surface area contributed by atoms with Crippen molar-refractivity contribution in [2.45, 2.75) is 38.3 Å². The largest absolute Gasteiger partial charge is 0.484 e. The minimum absolute atomic E-state index is 0.0422. The van der Waals surface area contributed by atoms with Crippen LogP contribution in [0.15, 0.2) is 54.6 Å². The number of morpholine rings is 1. The third-order valence-electron chi connectivity index (χ3n) is 7.12. The summed E-state index contributed by atoms with van der Waals surface area (Å²) >= 11 is 5.97. The van der Waals surface area contributed by atoms with E-state index in [0.717, 1.165) is 5.56 Å². The van der Waals surface area contributed by atoms with E-state index in [4.69, 9.17) is 26.8 Å². The first-order valence-electron chi connectivity index (χ1n) is 14.0. The molecule has 0 saturated carbocycles. The number of carbonyl (C=O) groups excluding carboxylic acids is 3. The van der Waals surface area contributed by atoms with Gasteiger partial charge in [0.15, 0.2) is 6.61 Å². The summed E-state index contributed by atoms with van der Waals surface area (Å²) in [5.74, 6) is -9.85. The van der Waals surface area contributed by atoms with Gasteiger partial charge in [0.25, 0.3) is 11.8 Å². The van der Waals surface area contributed by atoms with Crippen LogP contribution in [0.2, 0.25) is 5.02 Å². The fraction of sp³-hybridized carbons (Fsp3) is 0.500. The molecule has 0 bridgehead atoms. The Balaban J connectivity index is 1.72. The van der Waals surface area contributed by atoms with Crippen LogP contribution >= 0.6 is 11.6 Å². The summed E-state index contributed by atoms with van der Waals surface area (Å²) in [5, 5.41) is 5.38. The zero-order valence-electron chi connectivity index (χ0n) is 23.9. The molecule has 0 spiro atoms. The monoisotopic (exact) mass is 608 g/mol. The molecule has 2 aromatic rings. The number of hydrogen-bond acceptors (Lipinski definition) is 7. The Morgan fingerprint density at radius 1 is 1.10 bits per heavy atom. The number of halogens is 3. The van der Waals surface area contributed by atoms with Crippen molar-refractivity contribution in [3.8, 4) is 5.75 Å². The van der Waals surface area contributed by atoms with Crippen LogP contribution in [0.5, 0.6) is 5.75 Å². The van der Waals surface area contributed by atoms with Gasteiger partial charge in [-0.05, 0) is 36.1 Å². The number of alkyl halides is 2. The maximum atomic E-state index is 15.3. The molecule has 12 heteroatoms. The van der Waals surface area contributed by atoms with E-state index in [0.29, 0.717) is 43.6 Å². The number of Topliss-reactive ketones (excluding diaryl/α,β-unsaturated/α-hetero) is 1. The molecule has 9 nitrogen and oxygen atoms in total. The van der Waals surface area contributed by atoms with Gasteiger partial charge in [0.2, 0.25) is 5.78 Å². The van der Waals surface area contributed by atoms with Gasteiger partial charge in [-0.25, -0.2) is 0 Å². The maximum Gasteiger partial charge on any atom is 0.381 e. The summed E-state index contributed by atoms with van der Waals surface area (Å²) in [6.07, 6.45) is 0.165. The van der Waals surface area contributed by atoms with Gasteiger partial charge in [0.1, 0.15) is 5.75 Å². The van der Waals surface area contributed by atoms with E-state index in [-0.39, 0.29) is 19.6 Å². The van der Waals surface area contributed by atoms with Crippen LogP contribution in [0.4, 0.5) is 8.78 Å². The number of amides is 2. The highest BCUT2D eigenvalue weighted by Crippen LogP contribution is 2.28. The van der Waals surface area contributed by atoms with E-state index in [9.17, 15) is 14.4 Å². The fourth-order valence-electron chi connectivity index (χ4n) is 4.86. The van der Waals surface area contributed by atoms with Gasteiger partial charge < -0.3 is 25.8 Å². The van der Waals surface area contributed by atoms with Crippen molar-refractivity contribution in [3.05, 3.63) is 65.2 Å². The summed E-state index contributed by atoms with van der Waals surface area (Å²) < 4.78 is 41.3. The Morgan fingerprint density at radius 2 is 1.79 bits per heavy atom. The van der Waals surface area contributed by atoms with Crippen molar-refractivity contribution in [3.63, 3.8) is 0 Å². The van der Waals surface area contributed by atoms with Gasteiger partial charge in [-0.1, -0.05) is 61.8 Å². The number of carbonyl (C=O) groups is 3. The Labute approximate surface area is 250 Å². The van der Waals surface area contributed by atoms with Crippen molar-refractivity contribution in [1.29, 1.82) is 0 Å². The third kappa shape index (κ3) is 9.72. The van der Waals surface area contributed by atoms with Gasteiger partial charge in [0, 0.05) is 49.2 Å². The van der Waals surface area contributed by atoms with E-state index in [1.54, 1.807) is 62.4 Å². The Hall–Kier alpha value is -3.12. The molecule has 2 amide bonds. The Bertz CT molecular complexity index is 1180. The third-order valence-corrected chi connectivity index (χ3v) is 7.36. The number of nitrogens with two attached hydrogens (primary N) is 1. The lowest BCUT2D eigenvalue weighted by molar-refractivity contribution is -0.162. The predicted octanol–water partition coefficient (Wildman–Crippen LogP) is 2.70. The van der Waals surface area contributed by atoms with Crippen LogP contribution in [0.3, 0.4) is 0 Å². The predicted molar refractivity (Wildman–Crippen MR) is 156 cm³/mol. The lowest BCUT2D eigenvalue weighted by atomic mass is 9.78. The van der Waals surface area contributed by atoms with Gasteiger partial charge in [-0.2, -0.15) is 8.78 Å². The normalized spacial score (nSPS) is 16.4. The first-order chi connectivity index (χ1) is 20.0. The van der Waals surface area contributed by atoms with Gasteiger partial charge >= 0.3 is 5.92 Å². The maximum absolute atomic E-state index is 15.3. The van der Waals surface area contributed by atoms with Crippen LogP contribution in [0, 0.1) is 11.8 Å². The Kier molecular flexibility index (Phi) is 12.7. The summed E-state index contributed by atoms with van der Waals surface area (Å²) in [6, 6.07) is 13.4. The molecule has 1 saturated heterocycles. The summed E-state index contributed by atoms with van der Waals surface area (Å²) in [4.78, 5) is 40.7. The molecule has 0 aromatic heterocycles. The van der Waals surface area contributed by atoms with Crippen LogP contribution in [0.1, 0.15) is 19.4 Å². The molecule has 0 aliphatic carbocycles. The molecule has 3 rings (SSSR count). The molecule has 1 fully saturated rings. The van der Waals surface area contributed by atoms with Crippen molar-refractivity contribution in [1.82, 2.24) is 15.5 Å². The molecule has 4 N–H and O–H groups in total. The first kappa shape index (κ1) is 33.4. The van der Waals surface area contributed by atoms with Crippen molar-refractivity contribution in [2.75, 3.05) is 46.0 Å². The molecular formula is C30H39ClF2N4O5. The average Bonchev–Trinajstić information content (AvgIpc) is 2.96. The second kappa shape index (κ2) is 15.9. The number of ether oxygens (including phenoxy) is 2. The molecule has 42 heavy (non-hydrogen) atoms. The first-order valence-corrected chi connectivity index (χ1v) is 14.3. The number of ketones is 1. The standard InChI is InChI=1S/C30H39ClF2N4O5/c1-20(2)26(28(39)30(32,33)29(40)35-11-12-37-13-15-41-16-14-37)27(34)24(17-21-7-4-3-5-8-21)36-25(38)19-42-23-10-6-9-22(31)18-23/h3-10,18,20,24,26-27H,11-17,19,34H2,1-2H3,(H,35,40)(H,36,38)/t24-,26-,27?/m0/s1. The molecule has 1 heterocycles. The Morgan fingerprint density at radius 3 is 2.43 bits per heavy atom. The lowest BCUT2D eigenvalue weighted by Crippen LogP contribution is -2.60. The molecule has 230 valence electrons. The molecule has 0 radical (unpaired) electrons.